The number of rotatable bonds is 3. The molecule has 1 atom stereocenters. The largest absolute Gasteiger partial charge is 0.379 e. The minimum atomic E-state index is -0.0880. The van der Waals surface area contributed by atoms with Crippen LogP contribution in [0.3, 0.4) is 0 Å². The van der Waals surface area contributed by atoms with Gasteiger partial charge in [-0.2, -0.15) is 5.10 Å². The fraction of sp³-hybridized carbons (Fsp3) is 0.412. The van der Waals surface area contributed by atoms with Gasteiger partial charge in [0.2, 0.25) is 0 Å². The Kier molecular flexibility index (Phi) is 4.68. The van der Waals surface area contributed by atoms with Gasteiger partial charge >= 0.3 is 0 Å². The van der Waals surface area contributed by atoms with E-state index in [1.54, 1.807) is 10.7 Å². The normalized spacial score (nSPS) is 18.0. The van der Waals surface area contributed by atoms with E-state index in [1.807, 2.05) is 32.0 Å². The third kappa shape index (κ3) is 3.41. The van der Waals surface area contributed by atoms with Crippen LogP contribution in [0.2, 0.25) is 5.02 Å². The average molecular weight is 334 g/mol. The van der Waals surface area contributed by atoms with E-state index in [-0.39, 0.29) is 11.9 Å². The minimum absolute atomic E-state index is 0.0861. The molecule has 1 aromatic carbocycles. The van der Waals surface area contributed by atoms with Crippen molar-refractivity contribution in [2.24, 2.45) is 0 Å². The van der Waals surface area contributed by atoms with Crippen LogP contribution in [-0.2, 0) is 4.74 Å². The molecule has 2 aromatic rings. The van der Waals surface area contributed by atoms with Crippen molar-refractivity contribution in [1.82, 2.24) is 15.1 Å². The van der Waals surface area contributed by atoms with Gasteiger partial charge in [-0.05, 0) is 44.9 Å². The predicted molar refractivity (Wildman–Crippen MR) is 89.4 cm³/mol. The Balaban J connectivity index is 1.81. The Morgan fingerprint density at radius 2 is 2.26 bits per heavy atom. The lowest BCUT2D eigenvalue weighted by atomic mass is 10.1. The number of carbonyl (C=O) groups excluding carboxylic acids is 1. The first-order valence-corrected chi connectivity index (χ1v) is 8.15. The van der Waals surface area contributed by atoms with Crippen molar-refractivity contribution in [2.45, 2.75) is 32.7 Å². The second-order valence-electron chi connectivity index (χ2n) is 5.83. The Hall–Kier alpha value is -1.85. The van der Waals surface area contributed by atoms with Gasteiger partial charge in [-0.25, -0.2) is 4.68 Å². The molecule has 122 valence electrons. The lowest BCUT2D eigenvalue weighted by molar-refractivity contribution is 0.0624. The van der Waals surface area contributed by atoms with E-state index in [1.165, 1.54) is 0 Å². The monoisotopic (exact) mass is 333 g/mol. The molecule has 0 saturated carbocycles. The summed E-state index contributed by atoms with van der Waals surface area (Å²) in [5.41, 5.74) is 3.07. The highest BCUT2D eigenvalue weighted by Crippen LogP contribution is 2.22. The van der Waals surface area contributed by atoms with Crippen molar-refractivity contribution in [3.8, 4) is 5.69 Å². The molecule has 0 bridgehead atoms. The van der Waals surface area contributed by atoms with Crippen molar-refractivity contribution in [3.63, 3.8) is 0 Å². The van der Waals surface area contributed by atoms with Gasteiger partial charge in [0, 0.05) is 12.2 Å². The number of halogens is 1. The molecule has 1 N–H and O–H groups in total. The third-order valence-corrected chi connectivity index (χ3v) is 4.60. The molecule has 1 fully saturated rings. The first-order chi connectivity index (χ1) is 11.1. The van der Waals surface area contributed by atoms with Gasteiger partial charge in [-0.3, -0.25) is 4.79 Å². The molecule has 1 saturated heterocycles. The van der Waals surface area contributed by atoms with Gasteiger partial charge < -0.3 is 10.1 Å². The maximum atomic E-state index is 12.4. The number of carbonyl (C=O) groups is 1. The molecule has 1 aliphatic heterocycles. The van der Waals surface area contributed by atoms with Crippen molar-refractivity contribution >= 4 is 17.5 Å². The number of ether oxygens (including phenoxy) is 1. The molecule has 0 spiro atoms. The highest BCUT2D eigenvalue weighted by atomic mass is 35.5. The topological polar surface area (TPSA) is 56.2 Å². The Morgan fingerprint density at radius 1 is 1.43 bits per heavy atom. The Labute approximate surface area is 140 Å². The molecule has 2 heterocycles. The van der Waals surface area contributed by atoms with E-state index < -0.39 is 0 Å². The second kappa shape index (κ2) is 6.72. The van der Waals surface area contributed by atoms with E-state index in [0.29, 0.717) is 17.2 Å². The van der Waals surface area contributed by atoms with Gasteiger partial charge in [0.15, 0.2) is 0 Å². The van der Waals surface area contributed by atoms with Crippen LogP contribution in [-0.4, -0.2) is 34.9 Å². The first kappa shape index (κ1) is 16.0. The van der Waals surface area contributed by atoms with Crippen molar-refractivity contribution in [2.75, 3.05) is 13.2 Å². The van der Waals surface area contributed by atoms with Crippen LogP contribution in [0, 0.1) is 13.8 Å². The number of nitrogens with one attached hydrogen (secondary N) is 1. The summed E-state index contributed by atoms with van der Waals surface area (Å²) in [6.45, 7) is 5.14. The molecule has 1 aromatic heterocycles. The number of aromatic nitrogens is 2. The van der Waals surface area contributed by atoms with Crippen LogP contribution in [0.4, 0.5) is 0 Å². The predicted octanol–water partition coefficient (Wildman–Crippen LogP) is 3.05. The zero-order valence-corrected chi connectivity index (χ0v) is 14.1. The summed E-state index contributed by atoms with van der Waals surface area (Å²) in [5.74, 6) is -0.0880. The maximum absolute atomic E-state index is 12.4. The number of amides is 1. The van der Waals surface area contributed by atoms with E-state index in [2.05, 4.69) is 10.4 Å². The highest BCUT2D eigenvalue weighted by molar-refractivity contribution is 6.31. The van der Waals surface area contributed by atoms with Gasteiger partial charge in [-0.1, -0.05) is 17.7 Å². The molecule has 1 aliphatic rings. The van der Waals surface area contributed by atoms with Crippen LogP contribution in [0.1, 0.15) is 34.6 Å². The van der Waals surface area contributed by atoms with Gasteiger partial charge in [0.05, 0.1) is 34.7 Å². The number of aryl methyl sites for hydroxylation is 1. The zero-order valence-electron chi connectivity index (χ0n) is 13.3. The standard InChI is InChI=1S/C17H20ClN3O2/c1-11-16(18)12(2)21(20-11)15-7-3-5-13(9-15)17(22)19-14-6-4-8-23-10-14/h3,5,7,9,14H,4,6,8,10H2,1-2H3,(H,19,22). The molecular weight excluding hydrogens is 314 g/mol. The molecule has 23 heavy (non-hydrogen) atoms. The summed E-state index contributed by atoms with van der Waals surface area (Å²) in [6.07, 6.45) is 1.94. The van der Waals surface area contributed by atoms with E-state index in [0.717, 1.165) is 36.5 Å². The number of hydrogen-bond donors (Lipinski definition) is 1. The van der Waals surface area contributed by atoms with Crippen molar-refractivity contribution < 1.29 is 9.53 Å². The molecule has 1 amide bonds. The fourth-order valence-corrected chi connectivity index (χ4v) is 2.90. The fourth-order valence-electron chi connectivity index (χ4n) is 2.78. The molecule has 0 radical (unpaired) electrons. The first-order valence-electron chi connectivity index (χ1n) is 7.77. The summed E-state index contributed by atoms with van der Waals surface area (Å²) in [6, 6.07) is 7.48. The quantitative estimate of drug-likeness (QED) is 0.939. The average Bonchev–Trinajstić information content (AvgIpc) is 2.83. The lowest BCUT2D eigenvalue weighted by Crippen LogP contribution is -2.40. The smallest absolute Gasteiger partial charge is 0.251 e. The van der Waals surface area contributed by atoms with Crippen molar-refractivity contribution in [1.29, 1.82) is 0 Å². The summed E-state index contributed by atoms with van der Waals surface area (Å²) in [5, 5.41) is 8.11. The number of hydrogen-bond acceptors (Lipinski definition) is 3. The summed E-state index contributed by atoms with van der Waals surface area (Å²) in [4.78, 5) is 12.4. The van der Waals surface area contributed by atoms with Crippen LogP contribution < -0.4 is 5.32 Å². The molecule has 0 aliphatic carbocycles. The van der Waals surface area contributed by atoms with E-state index in [4.69, 9.17) is 16.3 Å². The van der Waals surface area contributed by atoms with Gasteiger partial charge in [-0.15, -0.1) is 0 Å². The summed E-state index contributed by atoms with van der Waals surface area (Å²) < 4.78 is 7.16. The summed E-state index contributed by atoms with van der Waals surface area (Å²) in [7, 11) is 0. The third-order valence-electron chi connectivity index (χ3n) is 4.05. The van der Waals surface area contributed by atoms with Gasteiger partial charge in [0.25, 0.3) is 5.91 Å². The van der Waals surface area contributed by atoms with Crippen LogP contribution in [0.25, 0.3) is 5.69 Å². The van der Waals surface area contributed by atoms with E-state index >= 15 is 0 Å². The Bertz CT molecular complexity index is 721. The lowest BCUT2D eigenvalue weighted by Gasteiger charge is -2.23. The highest BCUT2D eigenvalue weighted by Gasteiger charge is 2.18. The van der Waals surface area contributed by atoms with Crippen LogP contribution in [0.15, 0.2) is 24.3 Å². The minimum Gasteiger partial charge on any atom is -0.379 e. The second-order valence-corrected chi connectivity index (χ2v) is 6.21. The van der Waals surface area contributed by atoms with Crippen molar-refractivity contribution in [3.05, 3.63) is 46.2 Å². The van der Waals surface area contributed by atoms with E-state index in [9.17, 15) is 4.79 Å². The molecular formula is C17H20ClN3O2. The Morgan fingerprint density at radius 3 is 2.91 bits per heavy atom. The molecule has 6 heteroatoms. The zero-order chi connectivity index (χ0) is 16.4. The SMILES string of the molecule is Cc1nn(-c2cccc(C(=O)NC3CCCOC3)c2)c(C)c1Cl. The number of benzene rings is 1. The van der Waals surface area contributed by atoms with Gasteiger partial charge in [0.1, 0.15) is 0 Å². The van der Waals surface area contributed by atoms with Crippen LogP contribution >= 0.6 is 11.6 Å². The molecule has 3 rings (SSSR count). The number of nitrogens with zero attached hydrogens (tertiary/aromatic N) is 2. The summed E-state index contributed by atoms with van der Waals surface area (Å²) >= 11 is 6.20. The molecule has 5 nitrogen and oxygen atoms in total. The van der Waals surface area contributed by atoms with Crippen LogP contribution in [0.5, 0.6) is 0 Å². The maximum Gasteiger partial charge on any atom is 0.251 e. The molecule has 1 unspecified atom stereocenters.